The number of carboxylic acids is 1. The monoisotopic (exact) mass is 287 g/mol. The maximum Gasteiger partial charge on any atom is 0.327 e. The highest BCUT2D eigenvalue weighted by Crippen LogP contribution is 2.30. The number of amides is 3. The molecule has 0 aromatic rings. The van der Waals surface area contributed by atoms with Crippen LogP contribution in [0.4, 0.5) is 4.79 Å². The number of urea groups is 1. The Hall–Kier alpha value is -1.44. The van der Waals surface area contributed by atoms with Crippen molar-refractivity contribution in [3.63, 3.8) is 0 Å². The summed E-state index contributed by atoms with van der Waals surface area (Å²) in [5.41, 5.74) is 0. The van der Waals surface area contributed by atoms with Crippen LogP contribution in [-0.4, -0.2) is 69.1 Å². The summed E-state index contributed by atoms with van der Waals surface area (Å²) >= 11 is 1.43. The third kappa shape index (κ3) is 2.49. The van der Waals surface area contributed by atoms with Crippen LogP contribution >= 0.6 is 11.8 Å². The molecule has 0 radical (unpaired) electrons. The fraction of sp³-hybridized carbons (Fsp3) is 0.727. The van der Waals surface area contributed by atoms with Crippen LogP contribution in [0.2, 0.25) is 0 Å². The second-order valence-electron chi connectivity index (χ2n) is 4.64. The molecule has 2 saturated heterocycles. The van der Waals surface area contributed by atoms with Gasteiger partial charge in [0.25, 0.3) is 0 Å². The summed E-state index contributed by atoms with van der Waals surface area (Å²) < 4.78 is 0. The third-order valence-corrected chi connectivity index (χ3v) is 4.69. The Morgan fingerprint density at radius 1 is 1.42 bits per heavy atom. The predicted octanol–water partition coefficient (Wildman–Crippen LogP) is -0.225. The smallest absolute Gasteiger partial charge is 0.327 e. The highest BCUT2D eigenvalue weighted by atomic mass is 32.2. The molecule has 3 amide bonds. The van der Waals surface area contributed by atoms with Gasteiger partial charge in [0.15, 0.2) is 0 Å². The van der Waals surface area contributed by atoms with E-state index in [1.54, 1.807) is 13.8 Å². The van der Waals surface area contributed by atoms with Crippen LogP contribution in [0, 0.1) is 0 Å². The van der Waals surface area contributed by atoms with E-state index in [-0.39, 0.29) is 17.3 Å². The summed E-state index contributed by atoms with van der Waals surface area (Å²) in [7, 11) is 0. The van der Waals surface area contributed by atoms with E-state index in [0.717, 1.165) is 0 Å². The van der Waals surface area contributed by atoms with E-state index in [1.807, 2.05) is 0 Å². The summed E-state index contributed by atoms with van der Waals surface area (Å²) in [5.74, 6) is -0.818. The molecule has 0 spiro atoms. The number of aliphatic carboxylic acids is 1. The predicted molar refractivity (Wildman–Crippen MR) is 69.8 cm³/mol. The SMILES string of the molecule is CC1C(=O)NCCN1C(=O)N1C(C)SCC1C(=O)O. The molecule has 2 rings (SSSR count). The zero-order chi connectivity index (χ0) is 14.2. The molecule has 0 aromatic heterocycles. The van der Waals surface area contributed by atoms with Crippen molar-refractivity contribution < 1.29 is 19.5 Å². The van der Waals surface area contributed by atoms with E-state index >= 15 is 0 Å². The van der Waals surface area contributed by atoms with Gasteiger partial charge in [-0.15, -0.1) is 11.8 Å². The standard InChI is InChI=1S/C11H17N3O4S/c1-6-9(15)12-3-4-13(6)11(18)14-7(2)19-5-8(14)10(16)17/h6-8H,3-5H2,1-2H3,(H,12,15)(H,16,17). The molecule has 2 aliphatic heterocycles. The summed E-state index contributed by atoms with van der Waals surface area (Å²) in [6.07, 6.45) is 0. The van der Waals surface area contributed by atoms with Gasteiger partial charge in [0.1, 0.15) is 12.1 Å². The largest absolute Gasteiger partial charge is 0.480 e. The van der Waals surface area contributed by atoms with Gasteiger partial charge in [-0.3, -0.25) is 9.69 Å². The van der Waals surface area contributed by atoms with Crippen molar-refractivity contribution >= 4 is 29.7 Å². The van der Waals surface area contributed by atoms with Gasteiger partial charge in [0.05, 0.1) is 5.37 Å². The van der Waals surface area contributed by atoms with E-state index < -0.39 is 18.1 Å². The Morgan fingerprint density at radius 2 is 2.11 bits per heavy atom. The lowest BCUT2D eigenvalue weighted by molar-refractivity contribution is -0.141. The van der Waals surface area contributed by atoms with Crippen LogP contribution < -0.4 is 5.32 Å². The highest BCUT2D eigenvalue weighted by molar-refractivity contribution is 8.00. The van der Waals surface area contributed by atoms with Crippen LogP contribution in [0.15, 0.2) is 0 Å². The molecule has 0 saturated carbocycles. The van der Waals surface area contributed by atoms with Crippen LogP contribution in [0.3, 0.4) is 0 Å². The van der Waals surface area contributed by atoms with Gasteiger partial charge in [0.2, 0.25) is 5.91 Å². The van der Waals surface area contributed by atoms with Gasteiger partial charge < -0.3 is 15.3 Å². The molecule has 0 aliphatic carbocycles. The first-order valence-corrected chi connectivity index (χ1v) is 7.19. The number of hydrogen-bond donors (Lipinski definition) is 2. The zero-order valence-corrected chi connectivity index (χ0v) is 11.6. The van der Waals surface area contributed by atoms with Gasteiger partial charge in [-0.1, -0.05) is 0 Å². The first kappa shape index (κ1) is 14.0. The number of thioether (sulfide) groups is 1. The van der Waals surface area contributed by atoms with E-state index in [0.29, 0.717) is 18.8 Å². The van der Waals surface area contributed by atoms with Crippen LogP contribution in [-0.2, 0) is 9.59 Å². The van der Waals surface area contributed by atoms with E-state index in [2.05, 4.69) is 5.32 Å². The number of nitrogens with zero attached hydrogens (tertiary/aromatic N) is 2. The molecule has 19 heavy (non-hydrogen) atoms. The van der Waals surface area contributed by atoms with E-state index in [1.165, 1.54) is 21.6 Å². The first-order valence-electron chi connectivity index (χ1n) is 6.14. The first-order chi connectivity index (χ1) is 8.93. The molecule has 2 aliphatic rings. The minimum Gasteiger partial charge on any atom is -0.480 e. The van der Waals surface area contributed by atoms with E-state index in [4.69, 9.17) is 5.11 Å². The van der Waals surface area contributed by atoms with Crippen molar-refractivity contribution in [2.75, 3.05) is 18.8 Å². The van der Waals surface area contributed by atoms with Gasteiger partial charge >= 0.3 is 12.0 Å². The summed E-state index contributed by atoms with van der Waals surface area (Å²) in [4.78, 5) is 38.0. The molecule has 7 nitrogen and oxygen atoms in total. The van der Waals surface area contributed by atoms with Gasteiger partial charge in [-0.25, -0.2) is 9.59 Å². The van der Waals surface area contributed by atoms with Gasteiger partial charge in [-0.2, -0.15) is 0 Å². The lowest BCUT2D eigenvalue weighted by atomic mass is 10.2. The molecule has 2 N–H and O–H groups in total. The molecule has 0 bridgehead atoms. The minimum absolute atomic E-state index is 0.189. The van der Waals surface area contributed by atoms with Crippen LogP contribution in [0.25, 0.3) is 0 Å². The van der Waals surface area contributed by atoms with Crippen LogP contribution in [0.5, 0.6) is 0 Å². The number of carbonyl (C=O) groups is 3. The molecular formula is C11H17N3O4S. The van der Waals surface area contributed by atoms with Crippen molar-refractivity contribution in [2.45, 2.75) is 31.3 Å². The topological polar surface area (TPSA) is 90.0 Å². The Kier molecular flexibility index (Phi) is 3.88. The Bertz CT molecular complexity index is 417. The molecular weight excluding hydrogens is 270 g/mol. The van der Waals surface area contributed by atoms with Crippen molar-refractivity contribution in [3.05, 3.63) is 0 Å². The quantitative estimate of drug-likeness (QED) is 0.695. The lowest BCUT2D eigenvalue weighted by Crippen LogP contribution is -2.61. The van der Waals surface area contributed by atoms with Crippen molar-refractivity contribution in [1.82, 2.24) is 15.1 Å². The normalized spacial score (nSPS) is 31.3. The molecule has 106 valence electrons. The molecule has 8 heteroatoms. The molecule has 2 heterocycles. The fourth-order valence-electron chi connectivity index (χ4n) is 2.32. The number of piperazine rings is 1. The molecule has 2 fully saturated rings. The number of nitrogens with one attached hydrogen (secondary N) is 1. The highest BCUT2D eigenvalue weighted by Gasteiger charge is 2.43. The molecule has 3 unspecified atom stereocenters. The Labute approximate surface area is 115 Å². The maximum absolute atomic E-state index is 12.5. The maximum atomic E-state index is 12.5. The number of hydrogen-bond acceptors (Lipinski definition) is 4. The summed E-state index contributed by atoms with van der Waals surface area (Å²) in [6, 6.07) is -1.74. The second-order valence-corrected chi connectivity index (χ2v) is 5.99. The molecule has 0 aromatic carbocycles. The van der Waals surface area contributed by atoms with E-state index in [9.17, 15) is 14.4 Å². The van der Waals surface area contributed by atoms with Crippen molar-refractivity contribution in [1.29, 1.82) is 0 Å². The number of carboxylic acid groups (broad SMARTS) is 1. The summed E-state index contributed by atoms with van der Waals surface area (Å²) in [6.45, 7) is 4.27. The lowest BCUT2D eigenvalue weighted by Gasteiger charge is -2.37. The Balaban J connectivity index is 2.17. The Morgan fingerprint density at radius 3 is 2.74 bits per heavy atom. The average molecular weight is 287 g/mol. The third-order valence-electron chi connectivity index (χ3n) is 3.47. The number of rotatable bonds is 1. The van der Waals surface area contributed by atoms with Crippen molar-refractivity contribution in [3.8, 4) is 0 Å². The second kappa shape index (κ2) is 5.28. The van der Waals surface area contributed by atoms with Crippen molar-refractivity contribution in [2.24, 2.45) is 0 Å². The van der Waals surface area contributed by atoms with Gasteiger partial charge in [0, 0.05) is 18.8 Å². The molecule has 3 atom stereocenters. The summed E-state index contributed by atoms with van der Waals surface area (Å²) in [5, 5.41) is 11.7. The minimum atomic E-state index is -1.00. The zero-order valence-electron chi connectivity index (χ0n) is 10.8. The van der Waals surface area contributed by atoms with Crippen LogP contribution in [0.1, 0.15) is 13.8 Å². The fourth-order valence-corrected chi connectivity index (χ4v) is 3.48. The average Bonchev–Trinajstić information content (AvgIpc) is 2.74. The van der Waals surface area contributed by atoms with Gasteiger partial charge in [-0.05, 0) is 13.8 Å². The number of carbonyl (C=O) groups excluding carboxylic acids is 2.